The monoisotopic (exact) mass is 438 g/mol. The van der Waals surface area contributed by atoms with Crippen molar-refractivity contribution in [2.45, 2.75) is 39.8 Å². The van der Waals surface area contributed by atoms with Gasteiger partial charge in [0, 0.05) is 46.8 Å². The Morgan fingerprint density at radius 2 is 2.10 bits per heavy atom. The van der Waals surface area contributed by atoms with Crippen LogP contribution in [0.25, 0.3) is 16.8 Å². The van der Waals surface area contributed by atoms with Crippen molar-refractivity contribution in [1.82, 2.24) is 20.1 Å². The maximum absolute atomic E-state index is 6.38. The summed E-state index contributed by atoms with van der Waals surface area (Å²) in [6.45, 7) is 11.2. The summed E-state index contributed by atoms with van der Waals surface area (Å²) in [5.41, 5.74) is 13.0. The number of aryl methyl sites for hydroxylation is 1. The number of nitrogens with one attached hydrogen (secondary N) is 1. The number of rotatable bonds is 6. The van der Waals surface area contributed by atoms with Crippen LogP contribution in [0.5, 0.6) is 0 Å². The third-order valence-corrected chi connectivity index (χ3v) is 5.47. The predicted molar refractivity (Wildman–Crippen MR) is 129 cm³/mol. The van der Waals surface area contributed by atoms with Gasteiger partial charge < -0.3 is 16.1 Å². The SMILES string of the molecule is C=C/C(=C\C=C(/C)Cl)NC1CCN(N)/C(=C(/C)N)c2ccc(-c3cnn(CC)c3)cc21. The number of aromatic nitrogens is 2. The van der Waals surface area contributed by atoms with E-state index in [4.69, 9.17) is 23.2 Å². The Balaban J connectivity index is 2.11. The van der Waals surface area contributed by atoms with Gasteiger partial charge in [0.2, 0.25) is 0 Å². The molecular weight excluding hydrogens is 408 g/mol. The van der Waals surface area contributed by atoms with Crippen LogP contribution < -0.4 is 16.9 Å². The third kappa shape index (κ3) is 5.21. The summed E-state index contributed by atoms with van der Waals surface area (Å²) < 4.78 is 1.92. The molecule has 31 heavy (non-hydrogen) atoms. The van der Waals surface area contributed by atoms with Crippen molar-refractivity contribution < 1.29 is 0 Å². The quantitative estimate of drug-likeness (QED) is 0.452. The summed E-state index contributed by atoms with van der Waals surface area (Å²) in [6.07, 6.45) is 10.3. The highest BCUT2D eigenvalue weighted by Gasteiger charge is 2.26. The molecule has 2 aromatic rings. The first-order valence-corrected chi connectivity index (χ1v) is 10.8. The van der Waals surface area contributed by atoms with E-state index in [1.807, 2.05) is 36.9 Å². The highest BCUT2D eigenvalue weighted by atomic mass is 35.5. The van der Waals surface area contributed by atoms with Crippen LogP contribution in [-0.2, 0) is 6.54 Å². The van der Waals surface area contributed by atoms with Gasteiger partial charge in [0.25, 0.3) is 0 Å². The average molecular weight is 439 g/mol. The van der Waals surface area contributed by atoms with E-state index in [9.17, 15) is 0 Å². The maximum Gasteiger partial charge on any atom is 0.0777 e. The van der Waals surface area contributed by atoms with Gasteiger partial charge in [-0.05, 0) is 62.6 Å². The molecule has 1 unspecified atom stereocenters. The molecule has 0 spiro atoms. The second-order valence-electron chi connectivity index (χ2n) is 7.68. The molecule has 164 valence electrons. The molecule has 0 fully saturated rings. The number of hydrogen-bond donors (Lipinski definition) is 3. The molecule has 1 aromatic heterocycles. The first-order valence-electron chi connectivity index (χ1n) is 10.4. The fourth-order valence-corrected chi connectivity index (χ4v) is 3.85. The van der Waals surface area contributed by atoms with Crippen molar-refractivity contribution in [2.24, 2.45) is 11.6 Å². The Labute approximate surface area is 189 Å². The van der Waals surface area contributed by atoms with E-state index in [0.717, 1.165) is 46.6 Å². The van der Waals surface area contributed by atoms with Gasteiger partial charge in [-0.15, -0.1) is 0 Å². The molecule has 2 heterocycles. The minimum atomic E-state index is 0.0207. The van der Waals surface area contributed by atoms with Crippen molar-refractivity contribution in [2.75, 3.05) is 6.54 Å². The van der Waals surface area contributed by atoms with E-state index < -0.39 is 0 Å². The smallest absolute Gasteiger partial charge is 0.0777 e. The van der Waals surface area contributed by atoms with Crippen LogP contribution >= 0.6 is 11.6 Å². The number of hydrazine groups is 1. The molecule has 1 aliphatic rings. The van der Waals surface area contributed by atoms with Gasteiger partial charge in [0.15, 0.2) is 0 Å². The van der Waals surface area contributed by atoms with E-state index >= 15 is 0 Å². The lowest BCUT2D eigenvalue weighted by Gasteiger charge is -2.22. The number of allylic oxidation sites excluding steroid dienone is 5. The number of fused-ring (bicyclic) bond motifs is 1. The van der Waals surface area contributed by atoms with Crippen molar-refractivity contribution in [3.05, 3.63) is 83.0 Å². The summed E-state index contributed by atoms with van der Waals surface area (Å²) in [5.74, 6) is 6.38. The predicted octanol–water partition coefficient (Wildman–Crippen LogP) is 4.64. The van der Waals surface area contributed by atoms with Crippen LogP contribution in [-0.4, -0.2) is 21.3 Å². The number of hydrogen-bond acceptors (Lipinski definition) is 5. The van der Waals surface area contributed by atoms with E-state index in [2.05, 4.69) is 48.3 Å². The van der Waals surface area contributed by atoms with Crippen LogP contribution in [0.1, 0.15) is 44.4 Å². The van der Waals surface area contributed by atoms with E-state index in [1.54, 1.807) is 11.1 Å². The molecule has 0 aliphatic carbocycles. The van der Waals surface area contributed by atoms with Crippen LogP contribution in [0, 0.1) is 0 Å². The lowest BCUT2D eigenvalue weighted by molar-refractivity contribution is 0.386. The molecule has 1 atom stereocenters. The summed E-state index contributed by atoms with van der Waals surface area (Å²) in [7, 11) is 0. The molecule has 0 saturated carbocycles. The Kier molecular flexibility index (Phi) is 7.25. The van der Waals surface area contributed by atoms with Crippen LogP contribution in [0.4, 0.5) is 0 Å². The normalized spacial score (nSPS) is 19.0. The Bertz CT molecular complexity index is 1040. The topological polar surface area (TPSA) is 85.1 Å². The lowest BCUT2D eigenvalue weighted by atomic mass is 9.93. The molecule has 0 saturated heterocycles. The van der Waals surface area contributed by atoms with Crippen molar-refractivity contribution >= 4 is 17.3 Å². The minimum absolute atomic E-state index is 0.0207. The molecular formula is C24H31ClN6. The fraction of sp³-hybridized carbons (Fsp3) is 0.292. The Morgan fingerprint density at radius 1 is 1.32 bits per heavy atom. The summed E-state index contributed by atoms with van der Waals surface area (Å²) in [5, 5.41) is 10.5. The Hall–Kier alpha value is -2.96. The first-order chi connectivity index (χ1) is 14.8. The van der Waals surface area contributed by atoms with Crippen LogP contribution in [0.15, 0.2) is 71.8 Å². The second kappa shape index (κ2) is 9.90. The summed E-state index contributed by atoms with van der Waals surface area (Å²) >= 11 is 6.01. The first kappa shape index (κ1) is 22.7. The number of halogens is 1. The zero-order chi connectivity index (χ0) is 22.5. The zero-order valence-corrected chi connectivity index (χ0v) is 19.2. The second-order valence-corrected chi connectivity index (χ2v) is 8.27. The highest BCUT2D eigenvalue weighted by molar-refractivity contribution is 6.29. The average Bonchev–Trinajstić information content (AvgIpc) is 3.17. The minimum Gasteiger partial charge on any atom is -0.401 e. The molecule has 0 bridgehead atoms. The van der Waals surface area contributed by atoms with Crippen LogP contribution in [0.3, 0.4) is 0 Å². The van der Waals surface area contributed by atoms with E-state index in [-0.39, 0.29) is 6.04 Å². The molecule has 0 radical (unpaired) electrons. The van der Waals surface area contributed by atoms with Gasteiger partial charge in [0.05, 0.1) is 17.9 Å². The largest absolute Gasteiger partial charge is 0.401 e. The molecule has 1 aromatic carbocycles. The fourth-order valence-electron chi connectivity index (χ4n) is 3.79. The van der Waals surface area contributed by atoms with Gasteiger partial charge in [-0.2, -0.15) is 5.10 Å². The summed E-state index contributed by atoms with van der Waals surface area (Å²) in [6, 6.07) is 6.42. The van der Waals surface area contributed by atoms with Gasteiger partial charge in [-0.3, -0.25) is 4.68 Å². The molecule has 5 N–H and O–H groups in total. The Morgan fingerprint density at radius 3 is 2.71 bits per heavy atom. The van der Waals surface area contributed by atoms with E-state index in [1.165, 1.54) is 0 Å². The van der Waals surface area contributed by atoms with E-state index in [0.29, 0.717) is 17.3 Å². The third-order valence-electron chi connectivity index (χ3n) is 5.35. The van der Waals surface area contributed by atoms with Gasteiger partial charge in [-0.25, -0.2) is 5.84 Å². The molecule has 6 nitrogen and oxygen atoms in total. The molecule has 1 aliphatic heterocycles. The maximum atomic E-state index is 6.38. The van der Waals surface area contributed by atoms with Gasteiger partial charge in [-0.1, -0.05) is 30.3 Å². The molecule has 3 rings (SSSR count). The highest BCUT2D eigenvalue weighted by Crippen LogP contribution is 2.36. The van der Waals surface area contributed by atoms with Crippen molar-refractivity contribution in [3.63, 3.8) is 0 Å². The number of nitrogens with zero attached hydrogens (tertiary/aromatic N) is 3. The standard InChI is InChI=1S/C24H31ClN6/c1-5-20(9-7-16(3)25)29-23-11-12-31(27)24(17(4)26)21-10-8-18(13-22(21)23)19-14-28-30(6-2)15-19/h5,7-10,13-15,23,29H,1,6,11-12,26-27H2,2-4H3/b16-7+,20-9+,24-17-. The zero-order valence-electron chi connectivity index (χ0n) is 18.4. The van der Waals surface area contributed by atoms with Gasteiger partial charge in [0.1, 0.15) is 0 Å². The summed E-state index contributed by atoms with van der Waals surface area (Å²) in [4.78, 5) is 0. The van der Waals surface area contributed by atoms with Crippen LogP contribution in [0.2, 0.25) is 0 Å². The van der Waals surface area contributed by atoms with Crippen molar-refractivity contribution in [3.8, 4) is 11.1 Å². The molecule has 0 amide bonds. The number of benzene rings is 1. The van der Waals surface area contributed by atoms with Gasteiger partial charge >= 0.3 is 0 Å². The molecule has 7 heteroatoms. The number of nitrogens with two attached hydrogens (primary N) is 2. The lowest BCUT2D eigenvalue weighted by Crippen LogP contribution is -2.31. The van der Waals surface area contributed by atoms with Crippen molar-refractivity contribution in [1.29, 1.82) is 0 Å².